The largest absolute Gasteiger partial charge is 0.355 e. The number of rotatable bonds is 7. The van der Waals surface area contributed by atoms with Crippen molar-refractivity contribution >= 4 is 17.3 Å². The lowest BCUT2D eigenvalue weighted by atomic mass is 10.2. The summed E-state index contributed by atoms with van der Waals surface area (Å²) >= 11 is 1.71. The molecule has 0 fully saturated rings. The van der Waals surface area contributed by atoms with Gasteiger partial charge in [0.15, 0.2) is 5.96 Å². The van der Waals surface area contributed by atoms with Crippen LogP contribution in [-0.4, -0.2) is 43.0 Å². The van der Waals surface area contributed by atoms with Crippen LogP contribution in [0.5, 0.6) is 0 Å². The van der Waals surface area contributed by atoms with Crippen molar-refractivity contribution < 1.29 is 0 Å². The Morgan fingerprint density at radius 1 is 1.26 bits per heavy atom. The monoisotopic (exact) mass is 331 g/mol. The van der Waals surface area contributed by atoms with E-state index in [1.165, 1.54) is 10.4 Å². The van der Waals surface area contributed by atoms with E-state index in [2.05, 4.69) is 63.7 Å². The average Bonchev–Trinajstić information content (AvgIpc) is 2.97. The maximum Gasteiger partial charge on any atom is 0.191 e. The predicted octanol–water partition coefficient (Wildman–Crippen LogP) is 2.25. The number of thiazole rings is 1. The third-order valence-corrected chi connectivity index (χ3v) is 4.29. The Kier molecular flexibility index (Phi) is 7.03. The van der Waals surface area contributed by atoms with Crippen molar-refractivity contribution in [2.75, 3.05) is 27.2 Å². The standard InChI is InChI=1S/C17H25N5S/c1-14-11-20-16(23-14)12-21-17(18-2)19-9-10-22(3)13-15-7-5-4-6-8-15/h4-8,11H,9-10,12-13H2,1-3H3,(H2,18,19,21). The summed E-state index contributed by atoms with van der Waals surface area (Å²) in [4.78, 5) is 12.1. The molecule has 0 aliphatic rings. The molecule has 0 amide bonds. The van der Waals surface area contributed by atoms with E-state index < -0.39 is 0 Å². The highest BCUT2D eigenvalue weighted by Crippen LogP contribution is 2.10. The summed E-state index contributed by atoms with van der Waals surface area (Å²) in [5.74, 6) is 0.811. The van der Waals surface area contributed by atoms with Crippen LogP contribution >= 0.6 is 11.3 Å². The lowest BCUT2D eigenvalue weighted by Gasteiger charge is -2.18. The van der Waals surface area contributed by atoms with Crippen molar-refractivity contribution in [3.63, 3.8) is 0 Å². The van der Waals surface area contributed by atoms with Gasteiger partial charge < -0.3 is 15.5 Å². The maximum atomic E-state index is 4.34. The highest BCUT2D eigenvalue weighted by Gasteiger charge is 2.03. The minimum Gasteiger partial charge on any atom is -0.355 e. The molecule has 6 heteroatoms. The molecular formula is C17H25N5S. The van der Waals surface area contributed by atoms with Crippen LogP contribution in [0.25, 0.3) is 0 Å². The van der Waals surface area contributed by atoms with Crippen molar-refractivity contribution in [2.45, 2.75) is 20.0 Å². The number of aliphatic imine (C=N–C) groups is 1. The molecule has 0 radical (unpaired) electrons. The van der Waals surface area contributed by atoms with Crippen LogP contribution in [0.2, 0.25) is 0 Å². The molecule has 124 valence electrons. The minimum atomic E-state index is 0.706. The van der Waals surface area contributed by atoms with E-state index in [1.54, 1.807) is 18.4 Å². The van der Waals surface area contributed by atoms with Gasteiger partial charge in [-0.2, -0.15) is 0 Å². The average molecular weight is 331 g/mol. The van der Waals surface area contributed by atoms with Gasteiger partial charge in [0.05, 0.1) is 6.54 Å². The Hall–Kier alpha value is -1.92. The first-order valence-corrected chi connectivity index (χ1v) is 8.57. The smallest absolute Gasteiger partial charge is 0.191 e. The molecule has 1 heterocycles. The van der Waals surface area contributed by atoms with Gasteiger partial charge in [-0.3, -0.25) is 4.99 Å². The van der Waals surface area contributed by atoms with Crippen LogP contribution in [0.4, 0.5) is 0 Å². The number of nitrogens with one attached hydrogen (secondary N) is 2. The summed E-state index contributed by atoms with van der Waals surface area (Å²) in [6.45, 7) is 5.52. The Morgan fingerprint density at radius 2 is 2.04 bits per heavy atom. The van der Waals surface area contributed by atoms with E-state index in [0.717, 1.165) is 30.6 Å². The molecule has 0 unspecified atom stereocenters. The van der Waals surface area contributed by atoms with Crippen LogP contribution in [-0.2, 0) is 13.1 Å². The van der Waals surface area contributed by atoms with Crippen molar-refractivity contribution in [1.82, 2.24) is 20.5 Å². The molecule has 2 N–H and O–H groups in total. The second-order valence-corrected chi connectivity index (χ2v) is 6.76. The highest BCUT2D eigenvalue weighted by molar-refractivity contribution is 7.11. The van der Waals surface area contributed by atoms with Gasteiger partial charge in [-0.05, 0) is 19.5 Å². The molecule has 1 aromatic carbocycles. The highest BCUT2D eigenvalue weighted by atomic mass is 32.1. The Labute approximate surface area is 142 Å². The molecule has 0 atom stereocenters. The van der Waals surface area contributed by atoms with Crippen LogP contribution in [0.1, 0.15) is 15.4 Å². The van der Waals surface area contributed by atoms with E-state index in [9.17, 15) is 0 Å². The molecule has 0 saturated heterocycles. The third-order valence-electron chi connectivity index (χ3n) is 3.38. The lowest BCUT2D eigenvalue weighted by molar-refractivity contribution is 0.331. The second kappa shape index (κ2) is 9.27. The van der Waals surface area contributed by atoms with Gasteiger partial charge in [-0.25, -0.2) is 4.98 Å². The zero-order valence-corrected chi connectivity index (χ0v) is 14.9. The molecule has 23 heavy (non-hydrogen) atoms. The fraction of sp³-hybridized carbons (Fsp3) is 0.412. The van der Waals surface area contributed by atoms with E-state index in [-0.39, 0.29) is 0 Å². The first-order chi connectivity index (χ1) is 11.2. The van der Waals surface area contributed by atoms with Gasteiger partial charge in [0.25, 0.3) is 0 Å². The number of guanidine groups is 1. The zero-order chi connectivity index (χ0) is 16.5. The number of hydrogen-bond acceptors (Lipinski definition) is 4. The first-order valence-electron chi connectivity index (χ1n) is 7.75. The van der Waals surface area contributed by atoms with Gasteiger partial charge in [-0.15, -0.1) is 11.3 Å². The minimum absolute atomic E-state index is 0.706. The number of aromatic nitrogens is 1. The summed E-state index contributed by atoms with van der Waals surface area (Å²) in [5, 5.41) is 7.70. The van der Waals surface area contributed by atoms with E-state index in [0.29, 0.717) is 6.54 Å². The summed E-state index contributed by atoms with van der Waals surface area (Å²) in [6, 6.07) is 10.5. The van der Waals surface area contributed by atoms with Crippen molar-refractivity contribution in [3.8, 4) is 0 Å². The summed E-state index contributed by atoms with van der Waals surface area (Å²) < 4.78 is 0. The van der Waals surface area contributed by atoms with E-state index in [4.69, 9.17) is 0 Å². The molecule has 0 bridgehead atoms. The van der Waals surface area contributed by atoms with Crippen LogP contribution in [0.3, 0.4) is 0 Å². The number of benzene rings is 1. The quantitative estimate of drug-likeness (QED) is 0.603. The molecule has 0 spiro atoms. The van der Waals surface area contributed by atoms with Crippen LogP contribution in [0.15, 0.2) is 41.5 Å². The van der Waals surface area contributed by atoms with E-state index >= 15 is 0 Å². The second-order valence-electron chi connectivity index (χ2n) is 5.44. The fourth-order valence-electron chi connectivity index (χ4n) is 2.20. The predicted molar refractivity (Wildman–Crippen MR) is 97.8 cm³/mol. The van der Waals surface area contributed by atoms with Crippen molar-refractivity contribution in [1.29, 1.82) is 0 Å². The number of likely N-dealkylation sites (N-methyl/N-ethyl adjacent to an activating group) is 1. The first kappa shape index (κ1) is 17.4. The lowest BCUT2D eigenvalue weighted by Crippen LogP contribution is -2.40. The zero-order valence-electron chi connectivity index (χ0n) is 14.0. The summed E-state index contributed by atoms with van der Waals surface area (Å²) in [5.41, 5.74) is 1.33. The fourth-order valence-corrected chi connectivity index (χ4v) is 2.93. The van der Waals surface area contributed by atoms with Gasteiger partial charge in [-0.1, -0.05) is 30.3 Å². The Balaban J connectivity index is 1.67. The number of aryl methyl sites for hydroxylation is 1. The molecule has 0 aliphatic carbocycles. The van der Waals surface area contributed by atoms with Gasteiger partial charge in [0, 0.05) is 37.8 Å². The topological polar surface area (TPSA) is 52.6 Å². The third kappa shape index (κ3) is 6.38. The van der Waals surface area contributed by atoms with Crippen molar-refractivity contribution in [2.24, 2.45) is 4.99 Å². The normalized spacial score (nSPS) is 11.7. The maximum absolute atomic E-state index is 4.34. The van der Waals surface area contributed by atoms with Gasteiger partial charge in [0.2, 0.25) is 0 Å². The molecular weight excluding hydrogens is 306 g/mol. The molecule has 2 rings (SSSR count). The SMILES string of the molecule is CN=C(NCCN(C)Cc1ccccc1)NCc1ncc(C)s1. The van der Waals surface area contributed by atoms with Gasteiger partial charge in [0.1, 0.15) is 5.01 Å². The molecule has 1 aromatic heterocycles. The van der Waals surface area contributed by atoms with Gasteiger partial charge >= 0.3 is 0 Å². The Morgan fingerprint density at radius 3 is 2.70 bits per heavy atom. The van der Waals surface area contributed by atoms with E-state index in [1.807, 2.05) is 12.3 Å². The molecule has 2 aromatic rings. The number of nitrogens with zero attached hydrogens (tertiary/aromatic N) is 3. The van der Waals surface area contributed by atoms with Crippen LogP contribution in [0, 0.1) is 6.92 Å². The summed E-state index contributed by atoms with van der Waals surface area (Å²) in [6.07, 6.45) is 1.90. The van der Waals surface area contributed by atoms with Crippen molar-refractivity contribution in [3.05, 3.63) is 52.0 Å². The molecule has 0 saturated carbocycles. The molecule has 0 aliphatic heterocycles. The van der Waals surface area contributed by atoms with Crippen LogP contribution < -0.4 is 10.6 Å². The Bertz CT molecular complexity index is 608. The number of hydrogen-bond donors (Lipinski definition) is 2. The molecule has 5 nitrogen and oxygen atoms in total. The summed E-state index contributed by atoms with van der Waals surface area (Å²) in [7, 11) is 3.92.